The number of benzene rings is 1. The first kappa shape index (κ1) is 14.7. The van der Waals surface area contributed by atoms with E-state index in [0.717, 1.165) is 17.1 Å². The van der Waals surface area contributed by atoms with Crippen LogP contribution in [0.4, 0.5) is 11.4 Å². The zero-order valence-electron chi connectivity index (χ0n) is 11.8. The Morgan fingerprint density at radius 2 is 2.06 bits per heavy atom. The molecule has 0 bridgehead atoms. The third kappa shape index (κ3) is 4.86. The highest BCUT2D eigenvalue weighted by Crippen LogP contribution is 2.25. The third-order valence-electron chi connectivity index (χ3n) is 3.15. The molecule has 0 spiro atoms. The van der Waals surface area contributed by atoms with Crippen LogP contribution in [0.2, 0.25) is 0 Å². The Morgan fingerprint density at radius 1 is 1.28 bits per heavy atom. The standard InChI is InChI=1S/C15H26N2O/c1-4-5-6-7-8-12(2)17-15-10-9-13(18-3)11-14(15)16/h9-12,17H,4-8,16H2,1-3H3. The number of rotatable bonds is 8. The van der Waals surface area contributed by atoms with Gasteiger partial charge in [0, 0.05) is 12.1 Å². The lowest BCUT2D eigenvalue weighted by molar-refractivity contribution is 0.415. The highest BCUT2D eigenvalue weighted by atomic mass is 16.5. The molecule has 0 saturated carbocycles. The second-order valence-corrected chi connectivity index (χ2v) is 4.85. The van der Waals surface area contributed by atoms with E-state index < -0.39 is 0 Å². The van der Waals surface area contributed by atoms with Crippen LogP contribution in [0.25, 0.3) is 0 Å². The quantitative estimate of drug-likeness (QED) is 0.540. The highest BCUT2D eigenvalue weighted by molar-refractivity contribution is 5.68. The van der Waals surface area contributed by atoms with E-state index in [-0.39, 0.29) is 0 Å². The van der Waals surface area contributed by atoms with Gasteiger partial charge in [0.2, 0.25) is 0 Å². The monoisotopic (exact) mass is 250 g/mol. The number of nitrogen functional groups attached to an aromatic ring is 1. The van der Waals surface area contributed by atoms with Gasteiger partial charge in [-0.15, -0.1) is 0 Å². The van der Waals surface area contributed by atoms with E-state index in [4.69, 9.17) is 10.5 Å². The van der Waals surface area contributed by atoms with Gasteiger partial charge in [0.15, 0.2) is 0 Å². The van der Waals surface area contributed by atoms with E-state index >= 15 is 0 Å². The number of hydrogen-bond donors (Lipinski definition) is 2. The van der Waals surface area contributed by atoms with Crippen molar-refractivity contribution in [3.63, 3.8) is 0 Å². The minimum atomic E-state index is 0.456. The fraction of sp³-hybridized carbons (Fsp3) is 0.600. The topological polar surface area (TPSA) is 47.3 Å². The second-order valence-electron chi connectivity index (χ2n) is 4.85. The predicted molar refractivity (Wildman–Crippen MR) is 79.3 cm³/mol. The molecule has 3 heteroatoms. The van der Waals surface area contributed by atoms with Crippen molar-refractivity contribution < 1.29 is 4.74 Å². The summed E-state index contributed by atoms with van der Waals surface area (Å²) in [5, 5.41) is 3.46. The van der Waals surface area contributed by atoms with Crippen molar-refractivity contribution in [1.82, 2.24) is 0 Å². The maximum atomic E-state index is 5.98. The van der Waals surface area contributed by atoms with Crippen molar-refractivity contribution in [3.8, 4) is 5.75 Å². The summed E-state index contributed by atoms with van der Waals surface area (Å²) < 4.78 is 5.14. The lowest BCUT2D eigenvalue weighted by Gasteiger charge is -2.17. The number of anilines is 2. The molecule has 1 rings (SSSR count). The number of nitrogens with two attached hydrogens (primary N) is 1. The zero-order chi connectivity index (χ0) is 13.4. The molecule has 18 heavy (non-hydrogen) atoms. The summed E-state index contributed by atoms with van der Waals surface area (Å²) in [6.45, 7) is 4.44. The lowest BCUT2D eigenvalue weighted by atomic mass is 10.1. The van der Waals surface area contributed by atoms with Crippen LogP contribution in [-0.2, 0) is 0 Å². The zero-order valence-corrected chi connectivity index (χ0v) is 11.8. The summed E-state index contributed by atoms with van der Waals surface area (Å²) in [7, 11) is 1.65. The molecule has 1 atom stereocenters. The number of unbranched alkanes of at least 4 members (excludes halogenated alkanes) is 3. The van der Waals surface area contributed by atoms with E-state index in [0.29, 0.717) is 6.04 Å². The second kappa shape index (κ2) is 7.85. The summed E-state index contributed by atoms with van der Waals surface area (Å²) in [6.07, 6.45) is 6.40. The normalized spacial score (nSPS) is 12.2. The smallest absolute Gasteiger partial charge is 0.121 e. The summed E-state index contributed by atoms with van der Waals surface area (Å²) in [6, 6.07) is 6.23. The van der Waals surface area contributed by atoms with Crippen molar-refractivity contribution in [1.29, 1.82) is 0 Å². The van der Waals surface area contributed by atoms with E-state index in [1.807, 2.05) is 18.2 Å². The Morgan fingerprint density at radius 3 is 2.67 bits per heavy atom. The van der Waals surface area contributed by atoms with Crippen molar-refractivity contribution in [3.05, 3.63) is 18.2 Å². The Kier molecular flexibility index (Phi) is 6.40. The van der Waals surface area contributed by atoms with Crippen LogP contribution in [0.3, 0.4) is 0 Å². The van der Waals surface area contributed by atoms with E-state index in [1.54, 1.807) is 7.11 Å². The Labute approximate surface area is 111 Å². The maximum absolute atomic E-state index is 5.98. The average molecular weight is 250 g/mol. The van der Waals surface area contributed by atoms with Gasteiger partial charge in [0.1, 0.15) is 5.75 Å². The van der Waals surface area contributed by atoms with Gasteiger partial charge in [-0.25, -0.2) is 0 Å². The Bertz CT molecular complexity index is 352. The minimum Gasteiger partial charge on any atom is -0.497 e. The average Bonchev–Trinajstić information content (AvgIpc) is 2.37. The summed E-state index contributed by atoms with van der Waals surface area (Å²) in [4.78, 5) is 0. The van der Waals surface area contributed by atoms with Gasteiger partial charge in [-0.05, 0) is 25.5 Å². The molecule has 1 aromatic carbocycles. The fourth-order valence-corrected chi connectivity index (χ4v) is 2.01. The Hall–Kier alpha value is -1.38. The SMILES string of the molecule is CCCCCCC(C)Nc1ccc(OC)cc1N. The summed E-state index contributed by atoms with van der Waals surface area (Å²) in [5.74, 6) is 0.800. The molecule has 0 aliphatic rings. The van der Waals surface area contributed by atoms with Crippen molar-refractivity contribution in [2.24, 2.45) is 0 Å². The van der Waals surface area contributed by atoms with Crippen LogP contribution in [0.15, 0.2) is 18.2 Å². The van der Waals surface area contributed by atoms with E-state index in [9.17, 15) is 0 Å². The van der Waals surface area contributed by atoms with Gasteiger partial charge in [-0.1, -0.05) is 32.6 Å². The molecule has 1 unspecified atom stereocenters. The summed E-state index contributed by atoms with van der Waals surface area (Å²) in [5.41, 5.74) is 7.72. The lowest BCUT2D eigenvalue weighted by Crippen LogP contribution is -2.15. The van der Waals surface area contributed by atoms with Crippen molar-refractivity contribution in [2.75, 3.05) is 18.2 Å². The molecule has 0 aliphatic heterocycles. The molecule has 3 nitrogen and oxygen atoms in total. The van der Waals surface area contributed by atoms with Crippen molar-refractivity contribution in [2.45, 2.75) is 52.0 Å². The van der Waals surface area contributed by atoms with Gasteiger partial charge in [0.25, 0.3) is 0 Å². The number of methoxy groups -OCH3 is 1. The fourth-order valence-electron chi connectivity index (χ4n) is 2.01. The summed E-state index contributed by atoms with van der Waals surface area (Å²) >= 11 is 0. The van der Waals surface area contributed by atoms with Gasteiger partial charge in [0.05, 0.1) is 18.5 Å². The molecule has 0 aliphatic carbocycles. The van der Waals surface area contributed by atoms with Crippen LogP contribution >= 0.6 is 0 Å². The van der Waals surface area contributed by atoms with Crippen LogP contribution in [0, 0.1) is 0 Å². The van der Waals surface area contributed by atoms with Gasteiger partial charge >= 0.3 is 0 Å². The van der Waals surface area contributed by atoms with Crippen LogP contribution in [0.5, 0.6) is 5.75 Å². The molecule has 0 aromatic heterocycles. The number of hydrogen-bond acceptors (Lipinski definition) is 3. The molecular formula is C15H26N2O. The van der Waals surface area contributed by atoms with Crippen LogP contribution < -0.4 is 15.8 Å². The first-order valence-electron chi connectivity index (χ1n) is 6.87. The first-order chi connectivity index (χ1) is 8.67. The molecule has 0 saturated heterocycles. The minimum absolute atomic E-state index is 0.456. The highest BCUT2D eigenvalue weighted by Gasteiger charge is 2.05. The number of ether oxygens (including phenoxy) is 1. The predicted octanol–water partition coefficient (Wildman–Crippen LogP) is 4.05. The molecule has 0 radical (unpaired) electrons. The largest absolute Gasteiger partial charge is 0.497 e. The van der Waals surface area contributed by atoms with Gasteiger partial charge in [-0.3, -0.25) is 0 Å². The van der Waals surface area contributed by atoms with Gasteiger partial charge in [-0.2, -0.15) is 0 Å². The maximum Gasteiger partial charge on any atom is 0.121 e. The Balaban J connectivity index is 2.41. The molecule has 0 fully saturated rings. The van der Waals surface area contributed by atoms with Crippen LogP contribution in [-0.4, -0.2) is 13.2 Å². The van der Waals surface area contributed by atoms with Gasteiger partial charge < -0.3 is 15.8 Å². The van der Waals surface area contributed by atoms with E-state index in [1.165, 1.54) is 32.1 Å². The van der Waals surface area contributed by atoms with Crippen LogP contribution in [0.1, 0.15) is 46.0 Å². The molecule has 1 aromatic rings. The molecule has 3 N–H and O–H groups in total. The molecule has 0 amide bonds. The first-order valence-corrected chi connectivity index (χ1v) is 6.87. The molecular weight excluding hydrogens is 224 g/mol. The number of nitrogens with one attached hydrogen (secondary N) is 1. The third-order valence-corrected chi connectivity index (χ3v) is 3.15. The van der Waals surface area contributed by atoms with Crippen molar-refractivity contribution >= 4 is 11.4 Å². The van der Waals surface area contributed by atoms with E-state index in [2.05, 4.69) is 19.2 Å². The molecule has 102 valence electrons. The molecule has 0 heterocycles.